The number of halogens is 2. The van der Waals surface area contributed by atoms with Crippen molar-refractivity contribution in [1.82, 2.24) is 19.8 Å². The van der Waals surface area contributed by atoms with E-state index < -0.39 is 76.1 Å². The number of carbonyl (C=O) groups is 3. The van der Waals surface area contributed by atoms with Crippen LogP contribution in [-0.4, -0.2) is 128 Å². The topological polar surface area (TPSA) is 203 Å². The van der Waals surface area contributed by atoms with Crippen LogP contribution in [0.15, 0.2) is 45.8 Å². The molecule has 19 heteroatoms. The molecule has 2 saturated heterocycles. The number of aliphatic hydroxyl groups is 2. The first-order valence-corrected chi connectivity index (χ1v) is 28.7. The van der Waals surface area contributed by atoms with E-state index in [1.807, 2.05) is 30.6 Å². The lowest BCUT2D eigenvalue weighted by atomic mass is 9.45. The molecule has 0 bridgehead atoms. The zero-order chi connectivity index (χ0) is 55.6. The number of hydrogen-bond donors (Lipinski definition) is 4. The summed E-state index contributed by atoms with van der Waals surface area (Å²) < 4.78 is 60.6. The third-order valence-electron chi connectivity index (χ3n) is 20.1. The van der Waals surface area contributed by atoms with Crippen molar-refractivity contribution < 1.29 is 52.3 Å². The van der Waals surface area contributed by atoms with Gasteiger partial charge in [-0.3, -0.25) is 14.4 Å². The third-order valence-corrected chi connectivity index (χ3v) is 20.1. The Balaban J connectivity index is 0.895. The number of allylic oxidation sites excluding steroid dienone is 1. The van der Waals surface area contributed by atoms with Gasteiger partial charge >= 0.3 is 11.9 Å². The van der Waals surface area contributed by atoms with Gasteiger partial charge in [-0.1, -0.05) is 19.4 Å². The Bertz CT molecular complexity index is 3170. The average Bonchev–Trinajstić information content (AvgIpc) is 4.51. The molecule has 2 aromatic carbocycles. The van der Waals surface area contributed by atoms with Crippen LogP contribution in [0.3, 0.4) is 0 Å². The molecule has 3 unspecified atom stereocenters. The minimum absolute atomic E-state index is 0.0263. The summed E-state index contributed by atoms with van der Waals surface area (Å²) in [6, 6.07) is 2.27. The third kappa shape index (κ3) is 8.76. The fraction of sp³-hybridized carbons (Fsp3) is 0.617. The molecule has 12 rings (SSSR count). The predicted octanol–water partition coefficient (Wildman–Crippen LogP) is 6.74. The SMILES string of the molecule is COc1c(N2CCNC(C)C2)c(F)cc2c(=O)c(C(=O)OCC(COC(=O)c3cn(C4CC4)c4c(OC)c(N5CCNC(C)C5)c(F)cc4c3=O)[C@@]3(O)CC[C@@H]4[C@H]5CCC6=CC(=O)CC[C@@]6(C)C5[C@H](O)C[C@]43C)cn(C3CC3)c12. The highest BCUT2D eigenvalue weighted by Gasteiger charge is 2.68. The second kappa shape index (κ2) is 20.0. The average molecular weight is 1090 g/mol. The van der Waals surface area contributed by atoms with Gasteiger partial charge in [0.25, 0.3) is 0 Å². The van der Waals surface area contributed by atoms with Crippen molar-refractivity contribution >= 4 is 50.9 Å². The van der Waals surface area contributed by atoms with Crippen molar-refractivity contribution in [1.29, 1.82) is 0 Å². The molecule has 2 aliphatic heterocycles. The molecule has 7 fully saturated rings. The van der Waals surface area contributed by atoms with Crippen molar-refractivity contribution in [2.24, 2.45) is 34.5 Å². The van der Waals surface area contributed by atoms with Gasteiger partial charge in [0.05, 0.1) is 53.6 Å². The number of anilines is 2. The number of hydrogen-bond acceptors (Lipinski definition) is 15. The van der Waals surface area contributed by atoms with Crippen LogP contribution in [0.4, 0.5) is 20.2 Å². The molecule has 424 valence electrons. The number of piperazine rings is 2. The first-order chi connectivity index (χ1) is 37.8. The van der Waals surface area contributed by atoms with Crippen molar-refractivity contribution in [3.8, 4) is 11.5 Å². The number of pyridine rings is 2. The summed E-state index contributed by atoms with van der Waals surface area (Å²) >= 11 is 0. The van der Waals surface area contributed by atoms with Crippen molar-refractivity contribution in [3.05, 3.63) is 79.4 Å². The number of benzene rings is 2. The lowest BCUT2D eigenvalue weighted by Gasteiger charge is -2.61. The van der Waals surface area contributed by atoms with Crippen molar-refractivity contribution in [2.75, 3.05) is 76.5 Å². The number of nitrogens with zero attached hydrogens (tertiary/aromatic N) is 4. The molecule has 2 aromatic heterocycles. The zero-order valence-electron chi connectivity index (χ0n) is 46.1. The van der Waals surface area contributed by atoms with Gasteiger partial charge in [-0.25, -0.2) is 18.4 Å². The number of aliphatic hydroxyl groups excluding tert-OH is 1. The van der Waals surface area contributed by atoms with Gasteiger partial charge in [-0.05, 0) is 119 Å². The molecular weight excluding hydrogens is 1020 g/mol. The largest absolute Gasteiger partial charge is 0.492 e. The second-order valence-electron chi connectivity index (χ2n) is 24.8. The van der Waals surface area contributed by atoms with Gasteiger partial charge in [-0.15, -0.1) is 0 Å². The second-order valence-corrected chi connectivity index (χ2v) is 24.8. The Kier molecular flexibility index (Phi) is 13.6. The summed E-state index contributed by atoms with van der Waals surface area (Å²) in [4.78, 5) is 74.9. The molecule has 0 radical (unpaired) electrons. The highest BCUT2D eigenvalue weighted by Crippen LogP contribution is 2.69. The number of ether oxygens (including phenoxy) is 4. The Morgan fingerprint density at radius 1 is 0.747 bits per heavy atom. The number of nitrogens with one attached hydrogen (secondary N) is 2. The molecule has 79 heavy (non-hydrogen) atoms. The Morgan fingerprint density at radius 2 is 1.25 bits per heavy atom. The van der Waals surface area contributed by atoms with Gasteiger partial charge < -0.3 is 58.7 Å². The summed E-state index contributed by atoms with van der Waals surface area (Å²) in [6.45, 7) is 10.3. The van der Waals surface area contributed by atoms with E-state index in [2.05, 4.69) is 17.6 Å². The standard InChI is InChI=1S/C60H74F2N6O11/c1-31-25-65(19-17-63-31)50-44(61)22-39-48(54(50)76-5)67(35-8-9-35)27-41(52(39)71)56(73)78-29-34(60(75)16-14-43-38-12-7-33-21-37(69)13-15-58(33,3)47(38)46(70)24-59(43,60)4)30-79-57(74)42-28-68(36-10-11-36)49-40(53(42)72)23-45(62)51(55(49)77-6)66-20-18-64-32(2)26-66/h21-23,27-28,31-32,34-36,38,43,46-47,63-64,70,75H,7-20,24-26,29-30H2,1-6H3/t31?,32?,34?,38-,43-,46-,47?,58-,59-,60+/m1/s1. The molecule has 4 heterocycles. The number of ketones is 1. The van der Waals surface area contributed by atoms with E-state index >= 15 is 8.78 Å². The van der Waals surface area contributed by atoms with Crippen LogP contribution in [0.1, 0.15) is 131 Å². The molecule has 8 aliphatic rings. The summed E-state index contributed by atoms with van der Waals surface area (Å²) in [5.74, 6) is -4.36. The fourth-order valence-corrected chi connectivity index (χ4v) is 15.9. The Labute approximate surface area is 457 Å². The quantitative estimate of drug-likeness (QED) is 0.102. The highest BCUT2D eigenvalue weighted by atomic mass is 19.1. The van der Waals surface area contributed by atoms with Crippen LogP contribution in [0.25, 0.3) is 21.8 Å². The number of carbonyl (C=O) groups excluding carboxylic acids is 3. The lowest BCUT2D eigenvalue weighted by Crippen LogP contribution is -2.62. The first kappa shape index (κ1) is 53.7. The van der Waals surface area contributed by atoms with E-state index in [1.165, 1.54) is 38.7 Å². The number of rotatable bonds is 13. The van der Waals surface area contributed by atoms with Crippen LogP contribution in [0.5, 0.6) is 11.5 Å². The summed E-state index contributed by atoms with van der Waals surface area (Å²) in [5, 5.41) is 32.6. The van der Waals surface area contributed by atoms with Crippen LogP contribution >= 0.6 is 0 Å². The normalized spacial score (nSPS) is 31.1. The molecule has 0 spiro atoms. The summed E-state index contributed by atoms with van der Waals surface area (Å²) in [6.07, 6.45) is 10.1. The lowest BCUT2D eigenvalue weighted by molar-refractivity contribution is -0.197. The molecule has 6 aliphatic carbocycles. The van der Waals surface area contributed by atoms with E-state index in [0.29, 0.717) is 82.4 Å². The van der Waals surface area contributed by atoms with Crippen LogP contribution in [0, 0.1) is 46.1 Å². The van der Waals surface area contributed by atoms with E-state index in [1.54, 1.807) is 15.2 Å². The molecule has 5 saturated carbocycles. The Hall–Kier alpha value is -5.89. The van der Waals surface area contributed by atoms with E-state index in [-0.39, 0.29) is 105 Å². The van der Waals surface area contributed by atoms with Crippen LogP contribution < -0.4 is 40.8 Å². The van der Waals surface area contributed by atoms with E-state index in [4.69, 9.17) is 18.9 Å². The molecule has 17 nitrogen and oxygen atoms in total. The molecule has 4 N–H and O–H groups in total. The minimum atomic E-state index is -1.73. The van der Waals surface area contributed by atoms with Crippen molar-refractivity contribution in [3.63, 3.8) is 0 Å². The molecule has 0 amide bonds. The number of methoxy groups -OCH3 is 2. The van der Waals surface area contributed by atoms with Gasteiger partial charge in [0, 0.05) is 87.7 Å². The monoisotopic (exact) mass is 1090 g/mol. The Morgan fingerprint density at radius 3 is 1.72 bits per heavy atom. The van der Waals surface area contributed by atoms with Gasteiger partial charge in [0.15, 0.2) is 28.9 Å². The predicted molar refractivity (Wildman–Crippen MR) is 292 cm³/mol. The number of aromatic nitrogens is 2. The van der Waals surface area contributed by atoms with Gasteiger partial charge in [0.2, 0.25) is 10.9 Å². The van der Waals surface area contributed by atoms with E-state index in [9.17, 15) is 34.2 Å². The molecule has 9 atom stereocenters. The highest BCUT2D eigenvalue weighted by molar-refractivity contribution is 5.99. The summed E-state index contributed by atoms with van der Waals surface area (Å²) in [7, 11) is 2.88. The first-order valence-electron chi connectivity index (χ1n) is 28.7. The number of fused-ring (bicyclic) bond motifs is 7. The summed E-state index contributed by atoms with van der Waals surface area (Å²) in [5.41, 5.74) is -3.08. The van der Waals surface area contributed by atoms with Crippen LogP contribution in [0.2, 0.25) is 0 Å². The van der Waals surface area contributed by atoms with Gasteiger partial charge in [-0.2, -0.15) is 0 Å². The fourth-order valence-electron chi connectivity index (χ4n) is 15.9. The maximum atomic E-state index is 16.5. The maximum Gasteiger partial charge on any atom is 0.343 e. The van der Waals surface area contributed by atoms with E-state index in [0.717, 1.165) is 31.3 Å². The zero-order valence-corrected chi connectivity index (χ0v) is 46.1. The van der Waals surface area contributed by atoms with Crippen molar-refractivity contribution in [2.45, 2.75) is 134 Å². The van der Waals surface area contributed by atoms with Gasteiger partial charge in [0.1, 0.15) is 35.7 Å². The van der Waals surface area contributed by atoms with Crippen LogP contribution in [-0.2, 0) is 14.3 Å². The number of esters is 2. The maximum absolute atomic E-state index is 16.5. The smallest absolute Gasteiger partial charge is 0.343 e. The molecular formula is C60H74F2N6O11. The minimum Gasteiger partial charge on any atom is -0.492 e. The molecule has 4 aromatic rings.